The Morgan fingerprint density at radius 2 is 2.38 bits per heavy atom. The van der Waals surface area contributed by atoms with E-state index >= 15 is 0 Å². The van der Waals surface area contributed by atoms with E-state index < -0.39 is 0 Å². The molecule has 1 fully saturated rings. The molecule has 1 amide bonds. The van der Waals surface area contributed by atoms with Crippen molar-refractivity contribution in [2.24, 2.45) is 18.7 Å². The number of pyridine rings is 1. The number of carbonyl (C=O) groups is 1. The summed E-state index contributed by atoms with van der Waals surface area (Å²) in [5.74, 6) is 0.509. The summed E-state index contributed by atoms with van der Waals surface area (Å²) in [4.78, 5) is 22.2. The minimum atomic E-state index is -0.292. The van der Waals surface area contributed by atoms with E-state index in [1.807, 2.05) is 29.9 Å². The van der Waals surface area contributed by atoms with Crippen molar-refractivity contribution in [2.45, 2.75) is 25.5 Å². The number of aromatic nitrogens is 3. The highest BCUT2D eigenvalue weighted by molar-refractivity contribution is 5.74. The van der Waals surface area contributed by atoms with Crippen molar-refractivity contribution < 1.29 is 9.53 Å². The molecule has 7 heteroatoms. The number of amides is 1. The van der Waals surface area contributed by atoms with Gasteiger partial charge in [-0.1, -0.05) is 0 Å². The van der Waals surface area contributed by atoms with E-state index in [9.17, 15) is 4.79 Å². The normalized spacial score (nSPS) is 21.5. The lowest BCUT2D eigenvalue weighted by Crippen LogP contribution is -2.46. The molecule has 2 aromatic rings. The predicted octanol–water partition coefficient (Wildman–Crippen LogP) is 0.960. The molecular weight excluding hydrogens is 306 g/mol. The van der Waals surface area contributed by atoms with E-state index in [4.69, 9.17) is 10.5 Å². The van der Waals surface area contributed by atoms with E-state index in [1.54, 1.807) is 18.7 Å². The zero-order chi connectivity index (χ0) is 16.9. The van der Waals surface area contributed by atoms with Crippen molar-refractivity contribution in [3.63, 3.8) is 0 Å². The lowest BCUT2D eigenvalue weighted by molar-refractivity contribution is -0.120. The van der Waals surface area contributed by atoms with Gasteiger partial charge in [0.2, 0.25) is 5.91 Å². The highest BCUT2D eigenvalue weighted by Gasteiger charge is 2.32. The molecule has 0 radical (unpaired) electrons. The van der Waals surface area contributed by atoms with Gasteiger partial charge in [-0.25, -0.2) is 4.98 Å². The predicted molar refractivity (Wildman–Crippen MR) is 89.1 cm³/mol. The molecule has 0 aromatic carbocycles. The van der Waals surface area contributed by atoms with Crippen molar-refractivity contribution in [1.82, 2.24) is 19.4 Å². The average molecular weight is 329 g/mol. The molecule has 0 saturated carbocycles. The van der Waals surface area contributed by atoms with Gasteiger partial charge >= 0.3 is 0 Å². The van der Waals surface area contributed by atoms with E-state index in [-0.39, 0.29) is 17.9 Å². The molecule has 1 aliphatic rings. The minimum Gasteiger partial charge on any atom is -0.488 e. The molecule has 24 heavy (non-hydrogen) atoms. The molecule has 128 valence electrons. The number of carbonyl (C=O) groups excluding carboxylic acids is 1. The molecule has 3 heterocycles. The smallest absolute Gasteiger partial charge is 0.217 e. The third-order valence-electron chi connectivity index (χ3n) is 4.28. The molecule has 0 unspecified atom stereocenters. The lowest BCUT2D eigenvalue weighted by Gasteiger charge is -2.37. The number of nitrogens with zero attached hydrogens (tertiary/aromatic N) is 4. The Morgan fingerprint density at radius 3 is 3.04 bits per heavy atom. The van der Waals surface area contributed by atoms with Gasteiger partial charge in [-0.15, -0.1) is 0 Å². The summed E-state index contributed by atoms with van der Waals surface area (Å²) in [7, 11) is 1.96. The van der Waals surface area contributed by atoms with Crippen LogP contribution >= 0.6 is 0 Å². The van der Waals surface area contributed by atoms with E-state index in [1.165, 1.54) is 0 Å². The van der Waals surface area contributed by atoms with Crippen LogP contribution in [-0.2, 0) is 18.4 Å². The second-order valence-electron chi connectivity index (χ2n) is 6.33. The van der Waals surface area contributed by atoms with Gasteiger partial charge in [0.15, 0.2) is 0 Å². The summed E-state index contributed by atoms with van der Waals surface area (Å²) in [5, 5.41) is 0. The largest absolute Gasteiger partial charge is 0.488 e. The van der Waals surface area contributed by atoms with Crippen molar-refractivity contribution in [2.75, 3.05) is 13.1 Å². The highest BCUT2D eigenvalue weighted by atomic mass is 16.5. The number of hydrogen-bond donors (Lipinski definition) is 1. The standard InChI is InChI=1S/C17H23N5O2/c1-21-10-14(20-12-21)11-22-6-4-16(13(9-22)7-17(18)23)24-15-3-2-5-19-8-15/h2-3,5,8,10,12-13,16H,4,6-7,9,11H2,1H3,(H2,18,23)/t13-,16-/m1/s1. The molecule has 7 nitrogen and oxygen atoms in total. The summed E-state index contributed by atoms with van der Waals surface area (Å²) in [6, 6.07) is 3.73. The van der Waals surface area contributed by atoms with E-state index in [0.717, 1.165) is 37.5 Å². The summed E-state index contributed by atoms with van der Waals surface area (Å²) < 4.78 is 7.99. The first-order valence-electron chi connectivity index (χ1n) is 8.14. The molecule has 0 spiro atoms. The third-order valence-corrected chi connectivity index (χ3v) is 4.28. The van der Waals surface area contributed by atoms with E-state index in [2.05, 4.69) is 14.9 Å². The Balaban J connectivity index is 1.64. The highest BCUT2D eigenvalue weighted by Crippen LogP contribution is 2.26. The molecule has 1 aliphatic heterocycles. The maximum absolute atomic E-state index is 11.5. The SMILES string of the molecule is Cn1cnc(CN2CC[C@@H](Oc3cccnc3)[C@H](CC(N)=O)C2)c1. The van der Waals surface area contributed by atoms with Crippen LogP contribution < -0.4 is 10.5 Å². The minimum absolute atomic E-state index is 0.0262. The monoisotopic (exact) mass is 329 g/mol. The van der Waals surface area contributed by atoms with E-state index in [0.29, 0.717) is 6.42 Å². The van der Waals surface area contributed by atoms with Crippen LogP contribution in [0.3, 0.4) is 0 Å². The Bertz CT molecular complexity index is 673. The zero-order valence-electron chi connectivity index (χ0n) is 13.8. The van der Waals surface area contributed by atoms with Crippen LogP contribution in [0.1, 0.15) is 18.5 Å². The lowest BCUT2D eigenvalue weighted by atomic mass is 9.91. The topological polar surface area (TPSA) is 86.3 Å². The van der Waals surface area contributed by atoms with Crippen LogP contribution in [-0.4, -0.2) is 44.5 Å². The van der Waals surface area contributed by atoms with Gasteiger partial charge < -0.3 is 15.0 Å². The first-order valence-corrected chi connectivity index (χ1v) is 8.14. The van der Waals surface area contributed by atoms with Crippen LogP contribution in [0.2, 0.25) is 0 Å². The van der Waals surface area contributed by atoms with Crippen LogP contribution in [0.15, 0.2) is 37.1 Å². The molecular formula is C17H23N5O2. The Labute approximate surface area is 141 Å². The number of piperidine rings is 1. The van der Waals surface area contributed by atoms with Crippen molar-refractivity contribution in [3.05, 3.63) is 42.7 Å². The maximum Gasteiger partial charge on any atom is 0.217 e. The fraction of sp³-hybridized carbons (Fsp3) is 0.471. The third kappa shape index (κ3) is 4.32. The van der Waals surface area contributed by atoms with Crippen LogP contribution in [0.4, 0.5) is 0 Å². The van der Waals surface area contributed by atoms with Crippen molar-refractivity contribution in [3.8, 4) is 5.75 Å². The maximum atomic E-state index is 11.5. The second-order valence-corrected chi connectivity index (χ2v) is 6.33. The summed E-state index contributed by atoms with van der Waals surface area (Å²) in [5.41, 5.74) is 6.47. The van der Waals surface area contributed by atoms with Gasteiger partial charge in [-0.05, 0) is 18.6 Å². The number of nitrogens with two attached hydrogens (primary N) is 1. The zero-order valence-corrected chi connectivity index (χ0v) is 13.8. The van der Waals surface area contributed by atoms with Crippen LogP contribution in [0.25, 0.3) is 0 Å². The van der Waals surface area contributed by atoms with Gasteiger partial charge in [0.1, 0.15) is 11.9 Å². The quantitative estimate of drug-likeness (QED) is 0.853. The summed E-state index contributed by atoms with van der Waals surface area (Å²) in [6.45, 7) is 2.44. The van der Waals surface area contributed by atoms with Gasteiger partial charge in [0, 0.05) is 51.4 Å². The number of ether oxygens (including phenoxy) is 1. The Morgan fingerprint density at radius 1 is 1.50 bits per heavy atom. The molecule has 1 saturated heterocycles. The molecule has 2 N–H and O–H groups in total. The first-order chi connectivity index (χ1) is 11.6. The molecule has 0 bridgehead atoms. The number of primary amides is 1. The average Bonchev–Trinajstić information content (AvgIpc) is 2.95. The molecule has 2 atom stereocenters. The van der Waals surface area contributed by atoms with Gasteiger partial charge in [0.25, 0.3) is 0 Å². The summed E-state index contributed by atoms with van der Waals surface area (Å²) in [6.07, 6.45) is 8.37. The number of hydrogen-bond acceptors (Lipinski definition) is 5. The van der Waals surface area contributed by atoms with Crippen molar-refractivity contribution >= 4 is 5.91 Å². The van der Waals surface area contributed by atoms with Crippen LogP contribution in [0, 0.1) is 5.92 Å². The fourth-order valence-electron chi connectivity index (χ4n) is 3.21. The van der Waals surface area contributed by atoms with Gasteiger partial charge in [-0.3, -0.25) is 14.7 Å². The second kappa shape index (κ2) is 7.44. The molecule has 2 aromatic heterocycles. The molecule has 3 rings (SSSR count). The fourth-order valence-corrected chi connectivity index (χ4v) is 3.21. The Hall–Kier alpha value is -2.41. The first kappa shape index (κ1) is 16.4. The van der Waals surface area contributed by atoms with Crippen LogP contribution in [0.5, 0.6) is 5.75 Å². The number of likely N-dealkylation sites (tertiary alicyclic amines) is 1. The molecule has 0 aliphatic carbocycles. The number of rotatable bonds is 6. The van der Waals surface area contributed by atoms with Gasteiger partial charge in [-0.2, -0.15) is 0 Å². The Kier molecular flexibility index (Phi) is 5.10. The summed E-state index contributed by atoms with van der Waals surface area (Å²) >= 11 is 0. The number of aryl methyl sites for hydroxylation is 1. The van der Waals surface area contributed by atoms with Gasteiger partial charge in [0.05, 0.1) is 18.2 Å². The number of imidazole rings is 1. The van der Waals surface area contributed by atoms with Crippen molar-refractivity contribution in [1.29, 1.82) is 0 Å².